The Balaban J connectivity index is 1.71. The van der Waals surface area contributed by atoms with Crippen LogP contribution in [0.15, 0.2) is 59.8 Å². The van der Waals surface area contributed by atoms with Gasteiger partial charge >= 0.3 is 0 Å². The van der Waals surface area contributed by atoms with Crippen molar-refractivity contribution in [1.29, 1.82) is 0 Å². The summed E-state index contributed by atoms with van der Waals surface area (Å²) >= 11 is 0. The van der Waals surface area contributed by atoms with E-state index in [4.69, 9.17) is 0 Å². The number of nitrogens with one attached hydrogen (secondary N) is 1. The lowest BCUT2D eigenvalue weighted by molar-refractivity contribution is 0.171. The number of nitrogens with zero attached hydrogens (tertiary/aromatic N) is 2. The van der Waals surface area contributed by atoms with Gasteiger partial charge in [0.2, 0.25) is 0 Å². The van der Waals surface area contributed by atoms with Crippen LogP contribution in [0.2, 0.25) is 0 Å². The average Bonchev–Trinajstić information content (AvgIpc) is 2.62. The van der Waals surface area contributed by atoms with Gasteiger partial charge in [0.05, 0.1) is 10.6 Å². The van der Waals surface area contributed by atoms with Gasteiger partial charge in [-0.05, 0) is 23.8 Å². The maximum Gasteiger partial charge on any atom is 0.179 e. The normalized spacial score (nSPS) is 19.6. The molecular weight excluding hydrogens is 310 g/mol. The largest absolute Gasteiger partial charge is 0.314 e. The highest BCUT2D eigenvalue weighted by Gasteiger charge is 2.25. The van der Waals surface area contributed by atoms with Crippen LogP contribution in [0, 0.1) is 0 Å². The van der Waals surface area contributed by atoms with Crippen LogP contribution in [0.1, 0.15) is 11.6 Å². The average molecular weight is 331 g/mol. The number of hydrogen-bond donors (Lipinski definition) is 1. The first-order valence-corrected chi connectivity index (χ1v) is 9.44. The minimum absolute atomic E-state index is 0.133. The third-order valence-corrected chi connectivity index (χ3v) is 5.88. The highest BCUT2D eigenvalue weighted by Crippen LogP contribution is 2.21. The van der Waals surface area contributed by atoms with E-state index in [1.165, 1.54) is 0 Å². The van der Waals surface area contributed by atoms with Gasteiger partial charge in [-0.3, -0.25) is 9.88 Å². The molecule has 122 valence electrons. The molecule has 0 saturated carbocycles. The second-order valence-electron chi connectivity index (χ2n) is 5.67. The maximum absolute atomic E-state index is 12.5. The second kappa shape index (κ2) is 7.21. The first kappa shape index (κ1) is 16.1. The molecular formula is C17H21N3O2S. The van der Waals surface area contributed by atoms with Gasteiger partial charge < -0.3 is 5.32 Å². The van der Waals surface area contributed by atoms with E-state index in [0.29, 0.717) is 11.4 Å². The topological polar surface area (TPSA) is 62.3 Å². The fraction of sp³-hybridized carbons (Fsp3) is 0.353. The fourth-order valence-electron chi connectivity index (χ4n) is 2.90. The van der Waals surface area contributed by atoms with Gasteiger partial charge in [0.25, 0.3) is 0 Å². The highest BCUT2D eigenvalue weighted by atomic mass is 32.2. The van der Waals surface area contributed by atoms with Crippen molar-refractivity contribution in [2.24, 2.45) is 0 Å². The molecule has 0 aliphatic carbocycles. The molecule has 1 saturated heterocycles. The molecule has 0 spiro atoms. The van der Waals surface area contributed by atoms with Crippen LogP contribution in [0.4, 0.5) is 0 Å². The van der Waals surface area contributed by atoms with Gasteiger partial charge in [0, 0.05) is 44.6 Å². The first-order chi connectivity index (χ1) is 11.2. The number of piperazine rings is 1. The smallest absolute Gasteiger partial charge is 0.179 e. The molecule has 1 aromatic heterocycles. The van der Waals surface area contributed by atoms with Gasteiger partial charge in [-0.1, -0.05) is 24.3 Å². The van der Waals surface area contributed by atoms with Crippen LogP contribution in [0.3, 0.4) is 0 Å². The Kier molecular flexibility index (Phi) is 5.05. The summed E-state index contributed by atoms with van der Waals surface area (Å²) in [4.78, 5) is 6.80. The molecule has 5 nitrogen and oxygen atoms in total. The van der Waals surface area contributed by atoms with Crippen LogP contribution in [0.25, 0.3) is 0 Å². The van der Waals surface area contributed by atoms with Crippen molar-refractivity contribution in [2.75, 3.05) is 31.9 Å². The molecule has 1 aliphatic rings. The Labute approximate surface area is 137 Å². The number of benzene rings is 1. The van der Waals surface area contributed by atoms with Gasteiger partial charge in [-0.25, -0.2) is 8.42 Å². The van der Waals surface area contributed by atoms with E-state index in [0.717, 1.165) is 25.2 Å². The third-order valence-electron chi connectivity index (χ3n) is 4.17. The van der Waals surface area contributed by atoms with E-state index in [1.807, 2.05) is 24.4 Å². The van der Waals surface area contributed by atoms with Crippen molar-refractivity contribution in [1.82, 2.24) is 15.2 Å². The Hall–Kier alpha value is -1.76. The molecule has 1 atom stereocenters. The Morgan fingerprint density at radius 3 is 2.74 bits per heavy atom. The lowest BCUT2D eigenvalue weighted by atomic mass is 10.1. The number of sulfone groups is 1. The van der Waals surface area contributed by atoms with Gasteiger partial charge in [0.1, 0.15) is 0 Å². The van der Waals surface area contributed by atoms with Crippen molar-refractivity contribution < 1.29 is 8.42 Å². The summed E-state index contributed by atoms with van der Waals surface area (Å²) in [7, 11) is -3.24. The lowest BCUT2D eigenvalue weighted by Crippen LogP contribution is -2.47. The fourth-order valence-corrected chi connectivity index (χ4v) is 4.18. The summed E-state index contributed by atoms with van der Waals surface area (Å²) in [5.74, 6) is 0.133. The number of aromatic nitrogens is 1. The van der Waals surface area contributed by atoms with Crippen LogP contribution < -0.4 is 5.32 Å². The Morgan fingerprint density at radius 2 is 2.00 bits per heavy atom. The van der Waals surface area contributed by atoms with E-state index in [1.54, 1.807) is 30.5 Å². The van der Waals surface area contributed by atoms with Crippen LogP contribution >= 0.6 is 0 Å². The van der Waals surface area contributed by atoms with E-state index < -0.39 is 9.84 Å². The molecule has 6 heteroatoms. The van der Waals surface area contributed by atoms with Crippen LogP contribution in [-0.2, 0) is 9.84 Å². The molecule has 1 unspecified atom stereocenters. The van der Waals surface area contributed by atoms with Crippen LogP contribution in [-0.4, -0.2) is 50.2 Å². The zero-order chi connectivity index (χ0) is 16.1. The predicted octanol–water partition coefficient (Wildman–Crippen LogP) is 1.50. The number of rotatable bonds is 5. The molecule has 2 aromatic rings. The summed E-state index contributed by atoms with van der Waals surface area (Å²) in [6.07, 6.45) is 3.61. The summed E-state index contributed by atoms with van der Waals surface area (Å²) in [6.45, 7) is 3.06. The van der Waals surface area contributed by atoms with E-state index in [9.17, 15) is 8.42 Å². The molecule has 23 heavy (non-hydrogen) atoms. The minimum atomic E-state index is -3.24. The number of pyridine rings is 1. The molecule has 2 heterocycles. The van der Waals surface area contributed by atoms with Crippen LogP contribution in [0.5, 0.6) is 0 Å². The van der Waals surface area contributed by atoms with Crippen molar-refractivity contribution in [2.45, 2.75) is 10.9 Å². The van der Waals surface area contributed by atoms with E-state index in [-0.39, 0.29) is 11.8 Å². The summed E-state index contributed by atoms with van der Waals surface area (Å²) in [6, 6.07) is 12.8. The lowest BCUT2D eigenvalue weighted by Gasteiger charge is -2.36. The van der Waals surface area contributed by atoms with Crippen molar-refractivity contribution in [3.63, 3.8) is 0 Å². The highest BCUT2D eigenvalue weighted by molar-refractivity contribution is 7.91. The predicted molar refractivity (Wildman–Crippen MR) is 89.9 cm³/mol. The molecule has 0 amide bonds. The monoisotopic (exact) mass is 331 g/mol. The Bertz CT molecular complexity index is 720. The molecule has 1 fully saturated rings. The van der Waals surface area contributed by atoms with Gasteiger partial charge in [-0.15, -0.1) is 0 Å². The molecule has 0 bridgehead atoms. The van der Waals surface area contributed by atoms with Crippen molar-refractivity contribution >= 4 is 9.84 Å². The second-order valence-corrected chi connectivity index (χ2v) is 7.78. The molecule has 1 aromatic carbocycles. The maximum atomic E-state index is 12.5. The van der Waals surface area contributed by atoms with Gasteiger partial charge in [-0.2, -0.15) is 0 Å². The standard InChI is InChI=1S/C17H21N3O2S/c21-23(22,16-6-2-1-3-7-16)12-11-20-10-9-19-14-17(20)15-5-4-8-18-13-15/h1-8,13,17,19H,9-12,14H2. The van der Waals surface area contributed by atoms with E-state index in [2.05, 4.69) is 15.2 Å². The molecule has 0 radical (unpaired) electrons. The minimum Gasteiger partial charge on any atom is -0.314 e. The quantitative estimate of drug-likeness (QED) is 0.900. The van der Waals surface area contributed by atoms with E-state index >= 15 is 0 Å². The summed E-state index contributed by atoms with van der Waals surface area (Å²) in [5, 5.41) is 3.37. The first-order valence-electron chi connectivity index (χ1n) is 7.79. The molecule has 1 N–H and O–H groups in total. The zero-order valence-electron chi connectivity index (χ0n) is 12.9. The molecule has 3 rings (SSSR count). The van der Waals surface area contributed by atoms with Crippen molar-refractivity contribution in [3.8, 4) is 0 Å². The summed E-state index contributed by atoms with van der Waals surface area (Å²) < 4.78 is 24.9. The number of hydrogen-bond acceptors (Lipinski definition) is 5. The van der Waals surface area contributed by atoms with Crippen molar-refractivity contribution in [3.05, 3.63) is 60.4 Å². The van der Waals surface area contributed by atoms with Gasteiger partial charge in [0.15, 0.2) is 9.84 Å². The summed E-state index contributed by atoms with van der Waals surface area (Å²) in [5.41, 5.74) is 1.12. The zero-order valence-corrected chi connectivity index (χ0v) is 13.7. The third kappa shape index (κ3) is 3.96. The Morgan fingerprint density at radius 1 is 1.17 bits per heavy atom. The molecule has 1 aliphatic heterocycles. The SMILES string of the molecule is O=S(=O)(CCN1CCNCC1c1cccnc1)c1ccccc1.